The molecule has 0 unspecified atom stereocenters. The van der Waals surface area contributed by atoms with Crippen molar-refractivity contribution in [2.45, 2.75) is 6.92 Å². The van der Waals surface area contributed by atoms with Crippen LogP contribution < -0.4 is 15.5 Å². The van der Waals surface area contributed by atoms with E-state index in [1.165, 1.54) is 0 Å². The Hall–Kier alpha value is -4.19. The Bertz CT molecular complexity index is 1230. The van der Waals surface area contributed by atoms with E-state index >= 15 is 0 Å². The maximum Gasteiger partial charge on any atom is 0.329 e. The standard InChI is InChI=1S/C25H21N3O3/c1-2-31-20-13-11-19(12-14-20)27-24(29)25(30)28-26-16-23-21-9-5-3-7-17(21)15-18-8-4-6-10-22(18)23/h3-16H,2H2,1H3,(H,27,29)(H,28,30)/b26-16-. The summed E-state index contributed by atoms with van der Waals surface area (Å²) in [5, 5.41) is 10.7. The molecule has 31 heavy (non-hydrogen) atoms. The number of amides is 2. The predicted octanol–water partition coefficient (Wildman–Crippen LogP) is 4.48. The molecule has 0 radical (unpaired) electrons. The van der Waals surface area contributed by atoms with Gasteiger partial charge in [0.05, 0.1) is 12.8 Å². The van der Waals surface area contributed by atoms with Gasteiger partial charge in [-0.3, -0.25) is 9.59 Å². The minimum atomic E-state index is -0.852. The van der Waals surface area contributed by atoms with E-state index in [4.69, 9.17) is 4.74 Å². The summed E-state index contributed by atoms with van der Waals surface area (Å²) in [6, 6.07) is 24.8. The number of carbonyl (C=O) groups excluding carboxylic acids is 2. The third kappa shape index (κ3) is 4.53. The Kier molecular flexibility index (Phi) is 5.89. The lowest BCUT2D eigenvalue weighted by Gasteiger charge is -2.08. The molecule has 0 aliphatic heterocycles. The molecule has 0 heterocycles. The molecule has 4 rings (SSSR count). The Labute approximate surface area is 179 Å². The smallest absolute Gasteiger partial charge is 0.329 e. The zero-order chi connectivity index (χ0) is 21.6. The van der Waals surface area contributed by atoms with Crippen LogP contribution >= 0.6 is 0 Å². The number of nitrogens with zero attached hydrogens (tertiary/aromatic N) is 1. The van der Waals surface area contributed by atoms with E-state index in [-0.39, 0.29) is 0 Å². The fourth-order valence-corrected chi connectivity index (χ4v) is 3.38. The van der Waals surface area contributed by atoms with E-state index in [1.807, 2.05) is 55.5 Å². The molecule has 0 spiro atoms. The van der Waals surface area contributed by atoms with Gasteiger partial charge >= 0.3 is 11.8 Å². The van der Waals surface area contributed by atoms with Crippen LogP contribution in [0.3, 0.4) is 0 Å². The van der Waals surface area contributed by atoms with Crippen LogP contribution in [0, 0.1) is 0 Å². The number of fused-ring (bicyclic) bond motifs is 2. The molecule has 0 aliphatic carbocycles. The molecule has 6 nitrogen and oxygen atoms in total. The average Bonchev–Trinajstić information content (AvgIpc) is 2.80. The molecular formula is C25H21N3O3. The molecule has 0 saturated carbocycles. The number of anilines is 1. The summed E-state index contributed by atoms with van der Waals surface area (Å²) in [7, 11) is 0. The van der Waals surface area contributed by atoms with Gasteiger partial charge in [-0.25, -0.2) is 5.43 Å². The van der Waals surface area contributed by atoms with E-state index in [0.29, 0.717) is 18.0 Å². The van der Waals surface area contributed by atoms with Crippen LogP contribution in [0.15, 0.2) is 84.0 Å². The first-order valence-electron chi connectivity index (χ1n) is 9.93. The van der Waals surface area contributed by atoms with Crippen molar-refractivity contribution in [3.8, 4) is 5.75 Å². The van der Waals surface area contributed by atoms with Crippen molar-refractivity contribution in [1.29, 1.82) is 0 Å². The van der Waals surface area contributed by atoms with Crippen LogP contribution in [0.2, 0.25) is 0 Å². The largest absolute Gasteiger partial charge is 0.494 e. The van der Waals surface area contributed by atoms with E-state index in [0.717, 1.165) is 27.1 Å². The number of hydrogen-bond acceptors (Lipinski definition) is 4. The number of benzene rings is 4. The van der Waals surface area contributed by atoms with Gasteiger partial charge in [-0.1, -0.05) is 48.5 Å². The molecule has 6 heteroatoms. The maximum atomic E-state index is 12.2. The summed E-state index contributed by atoms with van der Waals surface area (Å²) in [6.07, 6.45) is 1.58. The zero-order valence-electron chi connectivity index (χ0n) is 17.0. The van der Waals surface area contributed by atoms with Gasteiger partial charge in [-0.2, -0.15) is 5.10 Å². The number of carbonyl (C=O) groups is 2. The molecule has 0 bridgehead atoms. The first kappa shape index (κ1) is 20.1. The number of rotatable bonds is 5. The first-order chi connectivity index (χ1) is 15.2. The number of nitrogens with one attached hydrogen (secondary N) is 2. The van der Waals surface area contributed by atoms with Gasteiger partial charge in [-0.05, 0) is 58.8 Å². The Balaban J connectivity index is 1.49. The van der Waals surface area contributed by atoms with Gasteiger partial charge < -0.3 is 10.1 Å². The average molecular weight is 411 g/mol. The van der Waals surface area contributed by atoms with E-state index in [1.54, 1.807) is 30.5 Å². The van der Waals surface area contributed by atoms with Gasteiger partial charge in [0.25, 0.3) is 0 Å². The van der Waals surface area contributed by atoms with Crippen molar-refractivity contribution < 1.29 is 14.3 Å². The fraction of sp³-hybridized carbons (Fsp3) is 0.0800. The highest BCUT2D eigenvalue weighted by atomic mass is 16.5. The Morgan fingerprint density at radius 2 is 1.48 bits per heavy atom. The molecule has 4 aromatic carbocycles. The molecule has 154 valence electrons. The minimum Gasteiger partial charge on any atom is -0.494 e. The lowest BCUT2D eigenvalue weighted by molar-refractivity contribution is -0.136. The molecular weight excluding hydrogens is 390 g/mol. The van der Waals surface area contributed by atoms with Crippen LogP contribution in [-0.4, -0.2) is 24.6 Å². The van der Waals surface area contributed by atoms with Crippen LogP contribution in [0.25, 0.3) is 21.5 Å². The highest BCUT2D eigenvalue weighted by molar-refractivity contribution is 6.39. The Morgan fingerprint density at radius 1 is 0.871 bits per heavy atom. The summed E-state index contributed by atoms with van der Waals surface area (Å²) in [5.41, 5.74) is 3.68. The van der Waals surface area contributed by atoms with Crippen LogP contribution in [0.1, 0.15) is 12.5 Å². The second kappa shape index (κ2) is 9.09. The van der Waals surface area contributed by atoms with Gasteiger partial charge in [0, 0.05) is 11.3 Å². The second-order valence-corrected chi connectivity index (χ2v) is 6.84. The molecule has 0 fully saturated rings. The maximum absolute atomic E-state index is 12.2. The van der Waals surface area contributed by atoms with Crippen LogP contribution in [0.4, 0.5) is 5.69 Å². The zero-order valence-corrected chi connectivity index (χ0v) is 17.0. The van der Waals surface area contributed by atoms with Crippen LogP contribution in [-0.2, 0) is 9.59 Å². The van der Waals surface area contributed by atoms with Crippen molar-refractivity contribution >= 4 is 45.3 Å². The quantitative estimate of drug-likeness (QED) is 0.220. The molecule has 2 N–H and O–H groups in total. The SMILES string of the molecule is CCOc1ccc(NC(=O)C(=O)N/N=C\c2c3ccccc3cc3ccccc23)cc1. The third-order valence-electron chi connectivity index (χ3n) is 4.80. The van der Waals surface area contributed by atoms with Crippen molar-refractivity contribution in [3.05, 3.63) is 84.4 Å². The summed E-state index contributed by atoms with van der Waals surface area (Å²) in [5.74, 6) is -0.962. The number of hydrogen-bond donors (Lipinski definition) is 2. The molecule has 0 saturated heterocycles. The monoisotopic (exact) mass is 411 g/mol. The molecule has 0 atom stereocenters. The summed E-state index contributed by atoms with van der Waals surface area (Å²) >= 11 is 0. The molecule has 0 aromatic heterocycles. The topological polar surface area (TPSA) is 79.8 Å². The van der Waals surface area contributed by atoms with Gasteiger partial charge in [0.1, 0.15) is 5.75 Å². The fourth-order valence-electron chi connectivity index (χ4n) is 3.38. The molecule has 4 aromatic rings. The summed E-state index contributed by atoms with van der Waals surface area (Å²) in [4.78, 5) is 24.3. The lowest BCUT2D eigenvalue weighted by atomic mass is 9.97. The van der Waals surface area contributed by atoms with E-state index < -0.39 is 11.8 Å². The van der Waals surface area contributed by atoms with Crippen LogP contribution in [0.5, 0.6) is 5.75 Å². The summed E-state index contributed by atoms with van der Waals surface area (Å²) in [6.45, 7) is 2.44. The summed E-state index contributed by atoms with van der Waals surface area (Å²) < 4.78 is 5.36. The van der Waals surface area contributed by atoms with Crippen molar-refractivity contribution in [1.82, 2.24) is 5.43 Å². The third-order valence-corrected chi connectivity index (χ3v) is 4.80. The normalized spacial score (nSPS) is 11.0. The minimum absolute atomic E-state index is 0.493. The Morgan fingerprint density at radius 3 is 2.10 bits per heavy atom. The highest BCUT2D eigenvalue weighted by Gasteiger charge is 2.13. The van der Waals surface area contributed by atoms with Gasteiger partial charge in [0.2, 0.25) is 0 Å². The molecule has 2 amide bonds. The van der Waals surface area contributed by atoms with E-state index in [9.17, 15) is 9.59 Å². The lowest BCUT2D eigenvalue weighted by Crippen LogP contribution is -2.32. The van der Waals surface area contributed by atoms with Crippen molar-refractivity contribution in [2.24, 2.45) is 5.10 Å². The predicted molar refractivity (Wildman–Crippen MR) is 123 cm³/mol. The number of ether oxygens (including phenoxy) is 1. The van der Waals surface area contributed by atoms with Gasteiger partial charge in [0.15, 0.2) is 0 Å². The number of hydrazone groups is 1. The van der Waals surface area contributed by atoms with Gasteiger partial charge in [-0.15, -0.1) is 0 Å². The van der Waals surface area contributed by atoms with Crippen molar-refractivity contribution in [3.63, 3.8) is 0 Å². The highest BCUT2D eigenvalue weighted by Crippen LogP contribution is 2.27. The molecule has 0 aliphatic rings. The van der Waals surface area contributed by atoms with E-state index in [2.05, 4.69) is 21.9 Å². The second-order valence-electron chi connectivity index (χ2n) is 6.84. The first-order valence-corrected chi connectivity index (χ1v) is 9.93. The van der Waals surface area contributed by atoms with Crippen molar-refractivity contribution in [2.75, 3.05) is 11.9 Å².